The van der Waals surface area contributed by atoms with Crippen LogP contribution in [-0.2, 0) is 13.1 Å². The molecule has 4 aromatic rings. The van der Waals surface area contributed by atoms with Gasteiger partial charge in [0.25, 0.3) is 0 Å². The second-order valence-electron chi connectivity index (χ2n) is 17.6. The molecule has 8 fully saturated rings. The fourth-order valence-electron chi connectivity index (χ4n) is 12.8. The molecular weight excluding hydrogens is 634 g/mol. The van der Waals surface area contributed by atoms with E-state index < -0.39 is 5.82 Å². The molecule has 0 spiro atoms. The average Bonchev–Trinajstić information content (AvgIpc) is 3.65. The number of thiophene rings is 1. The lowest BCUT2D eigenvalue weighted by atomic mass is 9.53. The largest absolute Gasteiger partial charge is 0.307 e. The highest BCUT2D eigenvalue weighted by molar-refractivity contribution is 7.13. The summed E-state index contributed by atoms with van der Waals surface area (Å²) >= 11 is 1.78. The topological polar surface area (TPSA) is 47.9 Å². The van der Waals surface area contributed by atoms with Gasteiger partial charge in [0.1, 0.15) is 11.9 Å². The number of hydrogen-bond donors (Lipinski definition) is 2. The van der Waals surface area contributed by atoms with Crippen LogP contribution in [0.1, 0.15) is 93.7 Å². The molecule has 8 saturated carbocycles. The van der Waals surface area contributed by atoms with Crippen molar-refractivity contribution in [2.24, 2.45) is 35.5 Å². The number of nitrogens with zero attached hydrogens (tertiary/aromatic N) is 1. The van der Waals surface area contributed by atoms with E-state index in [1.807, 2.05) is 6.07 Å². The maximum absolute atomic E-state index is 14.6. The molecule has 0 radical (unpaired) electrons. The van der Waals surface area contributed by atoms with Crippen LogP contribution in [0.15, 0.2) is 72.1 Å². The van der Waals surface area contributed by atoms with E-state index in [0.29, 0.717) is 0 Å². The Bertz CT molecular complexity index is 1900. The van der Waals surface area contributed by atoms with Gasteiger partial charge in [0.15, 0.2) is 0 Å². The van der Waals surface area contributed by atoms with E-state index in [9.17, 15) is 9.65 Å². The summed E-state index contributed by atoms with van der Waals surface area (Å²) in [5.74, 6) is 4.94. The predicted molar refractivity (Wildman–Crippen MR) is 201 cm³/mol. The van der Waals surface area contributed by atoms with Gasteiger partial charge >= 0.3 is 0 Å². The third-order valence-corrected chi connectivity index (χ3v) is 15.0. The Morgan fingerprint density at radius 3 is 1.82 bits per heavy atom. The molecule has 2 N–H and O–H groups in total. The van der Waals surface area contributed by atoms with Gasteiger partial charge in [-0.3, -0.25) is 0 Å². The first-order chi connectivity index (χ1) is 24.4. The quantitative estimate of drug-likeness (QED) is 0.185. The molecule has 0 amide bonds. The Hall–Kier alpha value is -3.30. The van der Waals surface area contributed by atoms with Gasteiger partial charge in [-0.15, -0.1) is 11.3 Å². The van der Waals surface area contributed by atoms with Crippen LogP contribution in [0.5, 0.6) is 0 Å². The van der Waals surface area contributed by atoms with Gasteiger partial charge in [-0.2, -0.15) is 5.26 Å². The summed E-state index contributed by atoms with van der Waals surface area (Å²) in [6.07, 6.45) is 16.6. The molecule has 1 aromatic heterocycles. The first-order valence-electron chi connectivity index (χ1n) is 19.4. The van der Waals surface area contributed by atoms with E-state index in [2.05, 4.69) is 70.6 Å². The van der Waals surface area contributed by atoms with Crippen LogP contribution in [-0.4, -0.2) is 11.1 Å². The van der Waals surface area contributed by atoms with Crippen molar-refractivity contribution in [3.05, 3.63) is 94.6 Å². The maximum Gasteiger partial charge on any atom is 0.140 e. The second kappa shape index (κ2) is 12.1. The van der Waals surface area contributed by atoms with Crippen LogP contribution in [0.25, 0.3) is 32.7 Å². The minimum absolute atomic E-state index is 0.0945. The van der Waals surface area contributed by atoms with Crippen molar-refractivity contribution in [3.8, 4) is 38.8 Å². The zero-order valence-electron chi connectivity index (χ0n) is 29.0. The van der Waals surface area contributed by atoms with Crippen molar-refractivity contribution >= 4 is 11.3 Å². The normalized spacial score (nSPS) is 33.2. The highest BCUT2D eigenvalue weighted by atomic mass is 32.1. The summed E-state index contributed by atoms with van der Waals surface area (Å²) in [5.41, 5.74) is 8.85. The van der Waals surface area contributed by atoms with Gasteiger partial charge in [-0.25, -0.2) is 4.39 Å². The van der Waals surface area contributed by atoms with Crippen LogP contribution in [0.2, 0.25) is 0 Å². The lowest BCUT2D eigenvalue weighted by molar-refractivity contribution is -0.0207. The molecule has 8 aliphatic rings. The molecule has 8 aliphatic carbocycles. The first-order valence-corrected chi connectivity index (χ1v) is 20.3. The Kier molecular flexibility index (Phi) is 7.64. The summed E-state index contributed by atoms with van der Waals surface area (Å²) in [4.78, 5) is 1.27. The molecule has 3 nitrogen and oxygen atoms in total. The molecular formula is C45H48FN3S. The van der Waals surface area contributed by atoms with Crippen molar-refractivity contribution in [2.45, 2.75) is 101 Å². The van der Waals surface area contributed by atoms with E-state index in [1.165, 1.54) is 116 Å². The molecule has 0 aliphatic heterocycles. The lowest BCUT2D eigenvalue weighted by Crippen LogP contribution is -2.58. The number of halogens is 1. The zero-order chi connectivity index (χ0) is 33.5. The van der Waals surface area contributed by atoms with Gasteiger partial charge in [-0.05, 0) is 187 Å². The number of nitriles is 1. The van der Waals surface area contributed by atoms with Crippen LogP contribution < -0.4 is 10.6 Å². The standard InChI is InChI=1S/C45H48FN3S/c46-42-8-6-35(17-38(42)25-47)39-7-3-28(26-48-44-19-29-10-30(20-44)12-31(11-29)21-44)16-41(39)40-18-36(43-2-1-9-50-43)4-5-37(40)27-49-45-22-32-13-33(23-45)15-34(14-32)24-45/h1-9,16-18,29-34,48-49H,10-15,19-24,26-27H2. The third kappa shape index (κ3) is 5.67. The molecule has 8 bridgehead atoms. The minimum atomic E-state index is -0.464. The number of nitrogens with one attached hydrogen (secondary N) is 2. The predicted octanol–water partition coefficient (Wildman–Crippen LogP) is 10.9. The van der Waals surface area contributed by atoms with Gasteiger partial charge in [0.2, 0.25) is 0 Å². The van der Waals surface area contributed by atoms with Gasteiger partial charge in [-0.1, -0.05) is 36.4 Å². The Balaban J connectivity index is 1.04. The molecule has 0 saturated heterocycles. The van der Waals surface area contributed by atoms with Crippen molar-refractivity contribution in [1.29, 1.82) is 5.26 Å². The van der Waals surface area contributed by atoms with E-state index in [0.717, 1.165) is 59.7 Å². The number of hydrogen-bond acceptors (Lipinski definition) is 4. The van der Waals surface area contributed by atoms with Crippen LogP contribution in [0.3, 0.4) is 0 Å². The fraction of sp³-hybridized carbons (Fsp3) is 0.489. The maximum atomic E-state index is 14.6. The number of benzene rings is 3. The smallest absolute Gasteiger partial charge is 0.140 e. The Morgan fingerprint density at radius 1 is 0.640 bits per heavy atom. The minimum Gasteiger partial charge on any atom is -0.307 e. The zero-order valence-corrected chi connectivity index (χ0v) is 29.8. The van der Waals surface area contributed by atoms with Crippen molar-refractivity contribution in [3.63, 3.8) is 0 Å². The monoisotopic (exact) mass is 681 g/mol. The third-order valence-electron chi connectivity index (χ3n) is 14.1. The second-order valence-corrected chi connectivity index (χ2v) is 18.6. The van der Waals surface area contributed by atoms with Crippen LogP contribution in [0.4, 0.5) is 4.39 Å². The average molecular weight is 682 g/mol. The van der Waals surface area contributed by atoms with E-state index in [-0.39, 0.29) is 16.6 Å². The molecule has 1 heterocycles. The molecule has 0 unspecified atom stereocenters. The molecule has 12 rings (SSSR count). The lowest BCUT2D eigenvalue weighted by Gasteiger charge is -2.57. The van der Waals surface area contributed by atoms with Crippen molar-refractivity contribution < 1.29 is 4.39 Å². The highest BCUT2D eigenvalue weighted by Gasteiger charge is 2.51. The summed E-state index contributed by atoms with van der Waals surface area (Å²) in [6, 6.07) is 25.4. The van der Waals surface area contributed by atoms with E-state index in [1.54, 1.807) is 17.4 Å². The summed E-state index contributed by atoms with van der Waals surface area (Å²) in [7, 11) is 0. The Morgan fingerprint density at radius 2 is 1.24 bits per heavy atom. The Labute approximate surface area is 300 Å². The summed E-state index contributed by atoms with van der Waals surface area (Å²) in [6.45, 7) is 1.70. The first kappa shape index (κ1) is 31.4. The summed E-state index contributed by atoms with van der Waals surface area (Å²) < 4.78 is 14.6. The molecule has 256 valence electrons. The molecule has 50 heavy (non-hydrogen) atoms. The van der Waals surface area contributed by atoms with Gasteiger partial charge in [0.05, 0.1) is 5.56 Å². The summed E-state index contributed by atoms with van der Waals surface area (Å²) in [5, 5.41) is 20.3. The fourth-order valence-corrected chi connectivity index (χ4v) is 13.5. The number of rotatable bonds is 9. The van der Waals surface area contributed by atoms with Crippen LogP contribution >= 0.6 is 11.3 Å². The van der Waals surface area contributed by atoms with E-state index >= 15 is 0 Å². The van der Waals surface area contributed by atoms with Crippen LogP contribution in [0, 0.1) is 52.7 Å². The van der Waals surface area contributed by atoms with E-state index in [4.69, 9.17) is 0 Å². The molecule has 0 atom stereocenters. The molecule has 5 heteroatoms. The SMILES string of the molecule is N#Cc1cc(-c2ccc(CNC34CC5CC(CC(C5)C3)C4)cc2-c2cc(-c3cccs3)ccc2CNC23CC4CC(CC(C4)C2)C3)ccc1F. The van der Waals surface area contributed by atoms with Crippen molar-refractivity contribution in [1.82, 2.24) is 10.6 Å². The van der Waals surface area contributed by atoms with Crippen molar-refractivity contribution in [2.75, 3.05) is 0 Å². The van der Waals surface area contributed by atoms with Gasteiger partial charge < -0.3 is 10.6 Å². The van der Waals surface area contributed by atoms with Gasteiger partial charge in [0, 0.05) is 29.0 Å². The molecule has 3 aromatic carbocycles. The highest BCUT2D eigenvalue weighted by Crippen LogP contribution is 2.57.